The molecule has 0 radical (unpaired) electrons. The fourth-order valence-corrected chi connectivity index (χ4v) is 6.92. The Morgan fingerprint density at radius 1 is 1.42 bits per heavy atom. The predicted molar refractivity (Wildman–Crippen MR) is 123 cm³/mol. The number of rotatable bonds is 8. The second-order valence-corrected chi connectivity index (χ2v) is 11.2. The van der Waals surface area contributed by atoms with Crippen molar-refractivity contribution in [2.45, 2.75) is 16.3 Å². The number of aromatic nitrogens is 2. The smallest absolute Gasteiger partial charge is 0.543 e. The molecule has 0 aromatic carbocycles. The van der Waals surface area contributed by atoms with E-state index in [2.05, 4.69) is 20.4 Å². The van der Waals surface area contributed by atoms with E-state index in [1.54, 1.807) is 0 Å². The second kappa shape index (κ2) is 11.3. The summed E-state index contributed by atoms with van der Waals surface area (Å²) in [5.74, 6) is -3.84. The molecule has 0 spiro atoms. The molecule has 2 atom stereocenters. The maximum Gasteiger partial charge on any atom is 1.00 e. The van der Waals surface area contributed by atoms with Crippen LogP contribution in [0, 0.1) is 0 Å². The fourth-order valence-electron chi connectivity index (χ4n) is 3.53. The number of sulfone groups is 1. The van der Waals surface area contributed by atoms with E-state index < -0.39 is 50.5 Å². The Labute approximate surface area is 235 Å². The van der Waals surface area contributed by atoms with Crippen molar-refractivity contribution in [1.82, 2.24) is 20.2 Å². The molecule has 4 heterocycles. The van der Waals surface area contributed by atoms with Crippen LogP contribution in [0.3, 0.4) is 0 Å². The minimum atomic E-state index is -3.92. The van der Waals surface area contributed by atoms with Gasteiger partial charge in [0, 0.05) is 23.5 Å². The number of β-lactam (4-membered cyclic amide) rings is 1. The van der Waals surface area contributed by atoms with Crippen LogP contribution in [-0.4, -0.2) is 76.8 Å². The van der Waals surface area contributed by atoms with Gasteiger partial charge in [-0.25, -0.2) is 13.4 Å². The van der Waals surface area contributed by atoms with Crippen molar-refractivity contribution in [2.75, 3.05) is 24.3 Å². The summed E-state index contributed by atoms with van der Waals surface area (Å²) in [6, 6.07) is 1.70. The van der Waals surface area contributed by atoms with Crippen molar-refractivity contribution in [3.63, 3.8) is 0 Å². The summed E-state index contributed by atoms with van der Waals surface area (Å²) in [7, 11) is -2.69. The van der Waals surface area contributed by atoms with Gasteiger partial charge in [-0.15, -0.1) is 23.1 Å². The van der Waals surface area contributed by atoms with E-state index in [-0.39, 0.29) is 62.3 Å². The van der Waals surface area contributed by atoms with Gasteiger partial charge in [-0.3, -0.25) is 19.5 Å². The topological polar surface area (TPSA) is 197 Å². The van der Waals surface area contributed by atoms with Gasteiger partial charge in [0.2, 0.25) is 0 Å². The maximum absolute atomic E-state index is 12.9. The number of carbonyl (C=O) groups is 3. The van der Waals surface area contributed by atoms with Crippen molar-refractivity contribution in [2.24, 2.45) is 5.16 Å². The summed E-state index contributed by atoms with van der Waals surface area (Å²) in [6.45, 7) is 0. The molecule has 2 aromatic heterocycles. The minimum absolute atomic E-state index is 0. The molecule has 184 valence electrons. The zero-order valence-electron chi connectivity index (χ0n) is 18.9. The summed E-state index contributed by atoms with van der Waals surface area (Å²) < 4.78 is 25.5. The molecular formula is C19H17N6NaO7S3. The number of pyridine rings is 1. The molecule has 36 heavy (non-hydrogen) atoms. The van der Waals surface area contributed by atoms with Crippen molar-refractivity contribution >= 4 is 61.6 Å². The van der Waals surface area contributed by atoms with Crippen LogP contribution < -0.4 is 45.7 Å². The molecule has 17 heteroatoms. The standard InChI is InChI=1S/C19H18N6O7S3.Na/c1-32-24-12(11-7-34-19(20)22-11)15(26)23-13-16(27)25-14(18(28)29)9(6-33-17(13)25)8-35(30,31)10-3-2-4-21-5-10;/h2-5,7,13,17H,6,8H2,1H3,(H2,20,22)(H,23,26)(H,28,29);/q;+1/p-1/b24-12-;/t13?,17-;/m1./s1. The number of carboxylic acid groups (broad SMARTS) is 1. The van der Waals surface area contributed by atoms with Gasteiger partial charge in [0.15, 0.2) is 20.7 Å². The average molecular weight is 561 g/mol. The summed E-state index contributed by atoms with van der Waals surface area (Å²) in [6.07, 6.45) is 2.56. The summed E-state index contributed by atoms with van der Waals surface area (Å²) in [5.41, 5.74) is 5.02. The van der Waals surface area contributed by atoms with Gasteiger partial charge < -0.3 is 25.8 Å². The Hall–Kier alpha value is -2.50. The largest absolute Gasteiger partial charge is 1.00 e. The first-order valence-corrected chi connectivity index (χ1v) is 13.4. The number of amides is 2. The Morgan fingerprint density at radius 2 is 2.17 bits per heavy atom. The number of carbonyl (C=O) groups excluding carboxylic acids is 3. The molecule has 13 nitrogen and oxygen atoms in total. The maximum atomic E-state index is 12.9. The number of oxime groups is 1. The van der Waals surface area contributed by atoms with Gasteiger partial charge in [0.25, 0.3) is 11.8 Å². The van der Waals surface area contributed by atoms with E-state index in [0.29, 0.717) is 0 Å². The first-order valence-electron chi connectivity index (χ1n) is 9.78. The molecule has 2 aliphatic heterocycles. The number of hydrogen-bond donors (Lipinski definition) is 2. The average Bonchev–Trinajstić information content (AvgIpc) is 3.26. The normalized spacial score (nSPS) is 19.6. The number of nitrogens with one attached hydrogen (secondary N) is 1. The third-order valence-electron chi connectivity index (χ3n) is 5.05. The molecule has 2 amide bonds. The number of carboxylic acids is 1. The second-order valence-electron chi connectivity index (χ2n) is 7.24. The molecule has 0 aliphatic carbocycles. The Morgan fingerprint density at radius 3 is 2.75 bits per heavy atom. The van der Waals surface area contributed by atoms with Gasteiger partial charge in [-0.05, 0) is 17.7 Å². The van der Waals surface area contributed by atoms with Gasteiger partial charge in [0.1, 0.15) is 24.2 Å². The SMILES string of the molecule is CO/N=C(\C(=O)NC1C(=O)N2C(C(=O)[O-])=C(CS(=O)(=O)c3cccnc3)CS[C@H]12)c1csc(N)n1.[Na+]. The molecular weight excluding hydrogens is 543 g/mol. The Balaban J connectivity index is 0.00000361. The molecule has 1 saturated heterocycles. The minimum Gasteiger partial charge on any atom is -0.543 e. The van der Waals surface area contributed by atoms with E-state index in [4.69, 9.17) is 10.6 Å². The quantitative estimate of drug-likeness (QED) is 0.136. The van der Waals surface area contributed by atoms with Crippen molar-refractivity contribution in [1.29, 1.82) is 0 Å². The Bertz CT molecular complexity index is 1360. The van der Waals surface area contributed by atoms with E-state index in [1.807, 2.05) is 0 Å². The molecule has 3 N–H and O–H groups in total. The van der Waals surface area contributed by atoms with Crippen LogP contribution in [-0.2, 0) is 29.1 Å². The monoisotopic (exact) mass is 560 g/mol. The van der Waals surface area contributed by atoms with Crippen molar-refractivity contribution in [3.05, 3.63) is 46.9 Å². The van der Waals surface area contributed by atoms with Gasteiger partial charge in [-0.2, -0.15) is 0 Å². The molecule has 4 rings (SSSR count). The van der Waals surface area contributed by atoms with Crippen LogP contribution >= 0.6 is 23.1 Å². The third-order valence-corrected chi connectivity index (χ3v) is 8.75. The Kier molecular flexibility index (Phi) is 8.79. The van der Waals surface area contributed by atoms with E-state index in [9.17, 15) is 27.9 Å². The van der Waals surface area contributed by atoms with Crippen LogP contribution in [0.25, 0.3) is 0 Å². The van der Waals surface area contributed by atoms with Crippen molar-refractivity contribution < 1.29 is 62.3 Å². The summed E-state index contributed by atoms with van der Waals surface area (Å²) in [4.78, 5) is 50.8. The van der Waals surface area contributed by atoms with Crippen LogP contribution in [0.2, 0.25) is 0 Å². The number of hydrogen-bond acceptors (Lipinski definition) is 13. The predicted octanol–water partition coefficient (Wildman–Crippen LogP) is -4.65. The molecule has 2 aromatic rings. The number of nitrogens with two attached hydrogens (primary N) is 1. The van der Waals surface area contributed by atoms with E-state index >= 15 is 0 Å². The number of nitrogen functional groups attached to an aromatic ring is 1. The molecule has 1 fully saturated rings. The number of thiazole rings is 1. The number of nitrogens with zero attached hydrogens (tertiary/aromatic N) is 4. The van der Waals surface area contributed by atoms with Crippen LogP contribution in [0.15, 0.2) is 51.2 Å². The zero-order valence-corrected chi connectivity index (χ0v) is 23.4. The van der Waals surface area contributed by atoms with Crippen LogP contribution in [0.5, 0.6) is 0 Å². The first kappa shape index (κ1) is 28.1. The molecule has 0 bridgehead atoms. The zero-order chi connectivity index (χ0) is 25.3. The number of fused-ring (bicyclic) bond motifs is 1. The van der Waals surface area contributed by atoms with Crippen LogP contribution in [0.1, 0.15) is 5.69 Å². The van der Waals surface area contributed by atoms with Crippen LogP contribution in [0.4, 0.5) is 5.13 Å². The van der Waals surface area contributed by atoms with Crippen molar-refractivity contribution in [3.8, 4) is 0 Å². The fraction of sp³-hybridized carbons (Fsp3) is 0.263. The number of anilines is 1. The number of aliphatic carboxylic acids is 1. The number of thioether (sulfide) groups is 1. The van der Waals surface area contributed by atoms with Gasteiger partial charge in [-0.1, -0.05) is 5.16 Å². The first-order chi connectivity index (χ1) is 16.6. The van der Waals surface area contributed by atoms with E-state index in [0.717, 1.165) is 34.2 Å². The molecule has 2 aliphatic rings. The third kappa shape index (κ3) is 5.42. The molecule has 1 unspecified atom stereocenters. The van der Waals surface area contributed by atoms with E-state index in [1.165, 1.54) is 30.8 Å². The van der Waals surface area contributed by atoms with Gasteiger partial charge >= 0.3 is 29.6 Å². The summed E-state index contributed by atoms with van der Waals surface area (Å²) in [5, 5.41) is 19.0. The van der Waals surface area contributed by atoms with Gasteiger partial charge in [0.05, 0.1) is 22.3 Å². The molecule has 0 saturated carbocycles. The summed E-state index contributed by atoms with van der Waals surface area (Å²) >= 11 is 2.19.